The van der Waals surface area contributed by atoms with Crippen LogP contribution in [0.3, 0.4) is 0 Å². The molecule has 0 radical (unpaired) electrons. The molecule has 1 rings (SSSR count). The number of ether oxygens (including phenoxy) is 2. The Hall–Kier alpha value is -1.66. The molecule has 114 valence electrons. The molecule has 1 N–H and O–H groups in total. The van der Waals surface area contributed by atoms with Crippen LogP contribution in [0.2, 0.25) is 0 Å². The lowest BCUT2D eigenvalue weighted by atomic mass is 10.1. The van der Waals surface area contributed by atoms with Crippen molar-refractivity contribution in [1.82, 2.24) is 5.32 Å². The van der Waals surface area contributed by atoms with E-state index in [1.165, 1.54) is 14.2 Å². The van der Waals surface area contributed by atoms with Crippen LogP contribution in [-0.4, -0.2) is 32.1 Å². The Balaban J connectivity index is 2.84. The Morgan fingerprint density at radius 1 is 1.29 bits per heavy atom. The van der Waals surface area contributed by atoms with Crippen molar-refractivity contribution in [3.8, 4) is 0 Å². The topological polar surface area (TPSA) is 64.6 Å². The highest BCUT2D eigenvalue weighted by atomic mass is 79.9. The Morgan fingerprint density at radius 3 is 2.38 bits per heavy atom. The number of nitrogens with one attached hydrogen (secondary N) is 1. The molecule has 0 aliphatic rings. The lowest BCUT2D eigenvalue weighted by Gasteiger charge is -2.20. The van der Waals surface area contributed by atoms with E-state index in [1.54, 1.807) is 12.1 Å². The van der Waals surface area contributed by atoms with E-state index in [2.05, 4.69) is 32.6 Å². The molecule has 0 saturated carbocycles. The fourth-order valence-electron chi connectivity index (χ4n) is 1.83. The van der Waals surface area contributed by atoms with E-state index < -0.39 is 24.0 Å². The monoisotopic (exact) mass is 355 g/mol. The summed E-state index contributed by atoms with van der Waals surface area (Å²) in [4.78, 5) is 24.0. The minimum absolute atomic E-state index is 0.240. The van der Waals surface area contributed by atoms with Gasteiger partial charge in [-0.05, 0) is 10.0 Å². The van der Waals surface area contributed by atoms with Crippen molar-refractivity contribution in [1.29, 1.82) is 0 Å². The lowest BCUT2D eigenvalue weighted by molar-refractivity contribution is -0.146. The number of amides is 1. The van der Waals surface area contributed by atoms with Gasteiger partial charge in [-0.2, -0.15) is 0 Å². The van der Waals surface area contributed by atoms with Crippen molar-refractivity contribution >= 4 is 27.8 Å². The molecule has 0 aliphatic heterocycles. The van der Waals surface area contributed by atoms with Crippen LogP contribution >= 0.6 is 15.9 Å². The number of hydrogen-bond acceptors (Lipinski definition) is 4. The average Bonchev–Trinajstić information content (AvgIpc) is 2.47. The molecule has 1 aromatic rings. The second kappa shape index (κ2) is 8.59. The fourth-order valence-corrected chi connectivity index (χ4v) is 2.15. The summed E-state index contributed by atoms with van der Waals surface area (Å²) in [5.41, 5.74) is 0.707. The molecule has 0 heterocycles. The molecule has 21 heavy (non-hydrogen) atoms. The molecule has 0 aromatic heterocycles. The van der Waals surface area contributed by atoms with Gasteiger partial charge in [-0.25, -0.2) is 4.79 Å². The van der Waals surface area contributed by atoms with Gasteiger partial charge >= 0.3 is 5.97 Å². The van der Waals surface area contributed by atoms with Crippen LogP contribution in [0, 0.1) is 0 Å². The number of hydrogen-bond donors (Lipinski definition) is 1. The number of esters is 1. The molecule has 0 saturated heterocycles. The number of halogens is 1. The van der Waals surface area contributed by atoms with Crippen molar-refractivity contribution in [3.63, 3.8) is 0 Å². The van der Waals surface area contributed by atoms with Gasteiger partial charge in [-0.15, -0.1) is 0 Å². The largest absolute Gasteiger partial charge is 0.467 e. The third-order valence-electron chi connectivity index (χ3n) is 2.80. The minimum Gasteiger partial charge on any atom is -0.467 e. The Morgan fingerprint density at radius 2 is 1.90 bits per heavy atom. The van der Waals surface area contributed by atoms with Gasteiger partial charge in [-0.1, -0.05) is 52.8 Å². The predicted octanol–water partition coefficient (Wildman–Crippen LogP) is 2.33. The number of benzene rings is 1. The molecule has 0 unspecified atom stereocenters. The first-order valence-corrected chi connectivity index (χ1v) is 7.08. The van der Waals surface area contributed by atoms with Crippen LogP contribution in [0.5, 0.6) is 0 Å². The van der Waals surface area contributed by atoms with Crippen LogP contribution in [-0.2, 0) is 19.1 Å². The Bertz CT molecular complexity index is 504. The summed E-state index contributed by atoms with van der Waals surface area (Å²) in [6, 6.07) is 8.23. The van der Waals surface area contributed by atoms with Crippen molar-refractivity contribution in [2.45, 2.75) is 18.6 Å². The average molecular weight is 356 g/mol. The summed E-state index contributed by atoms with van der Waals surface area (Å²) in [5.74, 6) is -0.945. The molecule has 6 heteroatoms. The van der Waals surface area contributed by atoms with Gasteiger partial charge in [0.05, 0.1) is 7.11 Å². The molecule has 0 bridgehead atoms. The van der Waals surface area contributed by atoms with E-state index in [0.29, 0.717) is 10.0 Å². The van der Waals surface area contributed by atoms with Gasteiger partial charge in [-0.3, -0.25) is 4.79 Å². The quantitative estimate of drug-likeness (QED) is 0.762. The molecule has 5 nitrogen and oxygen atoms in total. The zero-order chi connectivity index (χ0) is 15.8. The summed E-state index contributed by atoms with van der Waals surface area (Å²) in [6.45, 7) is 3.67. The number of carbonyl (C=O) groups excluding carboxylic acids is 2. The van der Waals surface area contributed by atoms with E-state index in [1.807, 2.05) is 18.2 Å². The van der Waals surface area contributed by atoms with Crippen LogP contribution in [0.4, 0.5) is 0 Å². The van der Waals surface area contributed by atoms with Gasteiger partial charge < -0.3 is 14.8 Å². The Labute approximate surface area is 132 Å². The van der Waals surface area contributed by atoms with Crippen molar-refractivity contribution in [3.05, 3.63) is 47.0 Å². The number of carbonyl (C=O) groups is 2. The van der Waals surface area contributed by atoms with Crippen LogP contribution in [0.1, 0.15) is 18.1 Å². The molecular weight excluding hydrogens is 338 g/mol. The minimum atomic E-state index is -0.810. The van der Waals surface area contributed by atoms with Crippen LogP contribution in [0.25, 0.3) is 0 Å². The summed E-state index contributed by atoms with van der Waals surface area (Å²) in [6.07, 6.45) is -0.550. The zero-order valence-corrected chi connectivity index (χ0v) is 13.6. The van der Waals surface area contributed by atoms with Crippen molar-refractivity contribution in [2.75, 3.05) is 14.2 Å². The number of rotatable bonds is 7. The van der Waals surface area contributed by atoms with Gasteiger partial charge in [0.2, 0.25) is 0 Å². The predicted molar refractivity (Wildman–Crippen MR) is 82.8 cm³/mol. The van der Waals surface area contributed by atoms with Crippen molar-refractivity contribution in [2.24, 2.45) is 0 Å². The lowest BCUT2D eigenvalue weighted by Crippen LogP contribution is -2.44. The van der Waals surface area contributed by atoms with Gasteiger partial charge in [0.1, 0.15) is 6.04 Å². The van der Waals surface area contributed by atoms with Gasteiger partial charge in [0.25, 0.3) is 5.91 Å². The van der Waals surface area contributed by atoms with Gasteiger partial charge in [0.15, 0.2) is 6.10 Å². The molecule has 0 aliphatic carbocycles. The van der Waals surface area contributed by atoms with E-state index in [-0.39, 0.29) is 6.42 Å². The maximum absolute atomic E-state index is 12.3. The first-order chi connectivity index (χ1) is 9.99. The van der Waals surface area contributed by atoms with E-state index >= 15 is 0 Å². The molecule has 2 atom stereocenters. The van der Waals surface area contributed by atoms with Crippen LogP contribution < -0.4 is 5.32 Å². The maximum Gasteiger partial charge on any atom is 0.328 e. The standard InChI is InChI=1S/C15H18BrNO4/c1-10(16)9-12(15(19)21-3)17-14(18)13(20-2)11-7-5-4-6-8-11/h4-8,12-13H,1,9H2,2-3H3,(H,17,18)/t12-,13-/m1/s1. The molecular formula is C15H18BrNO4. The first kappa shape index (κ1) is 17.4. The van der Waals surface area contributed by atoms with Crippen LogP contribution in [0.15, 0.2) is 41.4 Å². The molecule has 0 fully saturated rings. The third-order valence-corrected chi connectivity index (χ3v) is 3.13. The molecule has 1 aromatic carbocycles. The molecule has 1 amide bonds. The second-order valence-corrected chi connectivity index (χ2v) is 5.45. The first-order valence-electron chi connectivity index (χ1n) is 6.28. The maximum atomic E-state index is 12.3. The normalized spacial score (nSPS) is 13.1. The summed E-state index contributed by atoms with van der Waals surface area (Å²) in [7, 11) is 2.71. The second-order valence-electron chi connectivity index (χ2n) is 4.33. The SMILES string of the molecule is C=C(Br)C[C@@H](NC(=O)[C@H](OC)c1ccccc1)C(=O)OC. The fraction of sp³-hybridized carbons (Fsp3) is 0.333. The number of methoxy groups -OCH3 is 2. The third kappa shape index (κ3) is 5.32. The molecule has 0 spiro atoms. The smallest absolute Gasteiger partial charge is 0.328 e. The van der Waals surface area contributed by atoms with E-state index in [9.17, 15) is 9.59 Å². The summed E-state index contributed by atoms with van der Waals surface area (Å²) in [5, 5.41) is 2.62. The van der Waals surface area contributed by atoms with E-state index in [0.717, 1.165) is 0 Å². The summed E-state index contributed by atoms with van der Waals surface area (Å²) >= 11 is 3.18. The zero-order valence-electron chi connectivity index (χ0n) is 12.0. The van der Waals surface area contributed by atoms with Crippen molar-refractivity contribution < 1.29 is 19.1 Å². The highest BCUT2D eigenvalue weighted by Gasteiger charge is 2.27. The Kier molecular flexibility index (Phi) is 7.11. The van der Waals surface area contributed by atoms with Gasteiger partial charge in [0, 0.05) is 13.5 Å². The highest BCUT2D eigenvalue weighted by Crippen LogP contribution is 2.18. The summed E-state index contributed by atoms with van der Waals surface area (Å²) < 4.78 is 10.5. The van der Waals surface area contributed by atoms with E-state index in [4.69, 9.17) is 4.74 Å². The highest BCUT2D eigenvalue weighted by molar-refractivity contribution is 9.11.